The molecule has 20 heavy (non-hydrogen) atoms. The van der Waals surface area contributed by atoms with Crippen molar-refractivity contribution in [3.05, 3.63) is 65.2 Å². The zero-order chi connectivity index (χ0) is 14.3. The number of fused-ring (bicyclic) bond motifs is 1. The van der Waals surface area contributed by atoms with Gasteiger partial charge < -0.3 is 5.73 Å². The molecule has 1 aliphatic rings. The van der Waals surface area contributed by atoms with E-state index in [1.807, 2.05) is 0 Å². The standard InChI is InChI=1S/C15H10N2O3/c16-11-8-4-7-10-12(11)15(20)17(14(10)19)13(18)9-5-2-1-3-6-9/h1-8H,16H2. The summed E-state index contributed by atoms with van der Waals surface area (Å²) in [6.07, 6.45) is 0. The van der Waals surface area contributed by atoms with Crippen molar-refractivity contribution in [2.75, 3.05) is 5.73 Å². The lowest BCUT2D eigenvalue weighted by molar-refractivity contribution is 0.0566. The first-order valence-corrected chi connectivity index (χ1v) is 5.98. The summed E-state index contributed by atoms with van der Waals surface area (Å²) in [5, 5.41) is 0. The summed E-state index contributed by atoms with van der Waals surface area (Å²) in [5.74, 6) is -1.95. The number of amides is 3. The van der Waals surface area contributed by atoms with Crippen molar-refractivity contribution in [3.8, 4) is 0 Å². The van der Waals surface area contributed by atoms with E-state index in [0.717, 1.165) is 0 Å². The van der Waals surface area contributed by atoms with E-state index >= 15 is 0 Å². The predicted octanol–water partition coefficient (Wildman–Crippen LogP) is 1.71. The Balaban J connectivity index is 2.07. The Bertz CT molecular complexity index is 738. The maximum absolute atomic E-state index is 12.3. The van der Waals surface area contributed by atoms with Crippen LogP contribution in [0.15, 0.2) is 48.5 Å². The molecule has 5 heteroatoms. The normalized spacial score (nSPS) is 13.5. The molecule has 0 spiro atoms. The molecule has 5 nitrogen and oxygen atoms in total. The number of carbonyl (C=O) groups excluding carboxylic acids is 3. The van der Waals surface area contributed by atoms with Crippen molar-refractivity contribution in [1.29, 1.82) is 0 Å². The van der Waals surface area contributed by atoms with Crippen molar-refractivity contribution in [1.82, 2.24) is 4.90 Å². The Morgan fingerprint density at radius 2 is 1.60 bits per heavy atom. The molecule has 0 aliphatic carbocycles. The number of anilines is 1. The van der Waals surface area contributed by atoms with Crippen LogP contribution in [-0.2, 0) is 0 Å². The third kappa shape index (κ3) is 1.60. The van der Waals surface area contributed by atoms with Gasteiger partial charge in [-0.1, -0.05) is 24.3 Å². The van der Waals surface area contributed by atoms with Crippen LogP contribution in [0.5, 0.6) is 0 Å². The van der Waals surface area contributed by atoms with Crippen molar-refractivity contribution < 1.29 is 14.4 Å². The van der Waals surface area contributed by atoms with Crippen LogP contribution in [0.3, 0.4) is 0 Å². The molecular weight excluding hydrogens is 256 g/mol. The minimum absolute atomic E-state index is 0.0989. The number of nitrogens with zero attached hydrogens (tertiary/aromatic N) is 1. The van der Waals surface area contributed by atoms with Crippen LogP contribution in [0.4, 0.5) is 5.69 Å². The van der Waals surface area contributed by atoms with Crippen LogP contribution < -0.4 is 5.73 Å². The lowest BCUT2D eigenvalue weighted by Crippen LogP contribution is -2.36. The highest BCUT2D eigenvalue weighted by Gasteiger charge is 2.41. The first-order valence-electron chi connectivity index (χ1n) is 5.98. The minimum Gasteiger partial charge on any atom is -0.398 e. The van der Waals surface area contributed by atoms with Gasteiger partial charge in [0.15, 0.2) is 0 Å². The van der Waals surface area contributed by atoms with Crippen molar-refractivity contribution in [2.24, 2.45) is 0 Å². The molecule has 1 aliphatic heterocycles. The average molecular weight is 266 g/mol. The molecule has 0 fully saturated rings. The molecule has 2 aromatic carbocycles. The quantitative estimate of drug-likeness (QED) is 0.629. The minimum atomic E-state index is -0.669. The number of nitrogens with two attached hydrogens (primary N) is 1. The summed E-state index contributed by atoms with van der Waals surface area (Å²) in [5.41, 5.74) is 6.46. The fourth-order valence-electron chi connectivity index (χ4n) is 2.21. The van der Waals surface area contributed by atoms with Gasteiger partial charge in [0, 0.05) is 11.3 Å². The van der Waals surface area contributed by atoms with E-state index in [-0.39, 0.29) is 22.4 Å². The third-order valence-corrected chi connectivity index (χ3v) is 3.17. The molecule has 3 rings (SSSR count). The van der Waals surface area contributed by atoms with Gasteiger partial charge in [0.05, 0.1) is 11.1 Å². The largest absolute Gasteiger partial charge is 0.398 e. The van der Waals surface area contributed by atoms with Crippen LogP contribution >= 0.6 is 0 Å². The maximum Gasteiger partial charge on any atom is 0.270 e. The smallest absolute Gasteiger partial charge is 0.270 e. The summed E-state index contributed by atoms with van der Waals surface area (Å²) >= 11 is 0. The zero-order valence-electron chi connectivity index (χ0n) is 10.4. The zero-order valence-corrected chi connectivity index (χ0v) is 10.4. The van der Waals surface area contributed by atoms with E-state index in [9.17, 15) is 14.4 Å². The monoisotopic (exact) mass is 266 g/mol. The van der Waals surface area contributed by atoms with E-state index in [2.05, 4.69) is 0 Å². The van der Waals surface area contributed by atoms with Gasteiger partial charge in [0.2, 0.25) is 0 Å². The topological polar surface area (TPSA) is 80.5 Å². The molecule has 2 N–H and O–H groups in total. The van der Waals surface area contributed by atoms with E-state index in [1.54, 1.807) is 36.4 Å². The Hall–Kier alpha value is -2.95. The van der Waals surface area contributed by atoms with Gasteiger partial charge in [-0.3, -0.25) is 14.4 Å². The summed E-state index contributed by atoms with van der Waals surface area (Å²) in [6.45, 7) is 0. The van der Waals surface area contributed by atoms with Gasteiger partial charge in [0.25, 0.3) is 17.7 Å². The number of hydrogen-bond acceptors (Lipinski definition) is 4. The van der Waals surface area contributed by atoms with Crippen molar-refractivity contribution in [2.45, 2.75) is 0 Å². The first-order chi connectivity index (χ1) is 9.61. The Labute approximate surface area is 114 Å². The van der Waals surface area contributed by atoms with Gasteiger partial charge in [-0.15, -0.1) is 0 Å². The van der Waals surface area contributed by atoms with Crippen molar-refractivity contribution >= 4 is 23.4 Å². The van der Waals surface area contributed by atoms with E-state index in [1.165, 1.54) is 12.1 Å². The molecule has 0 radical (unpaired) electrons. The molecule has 1 heterocycles. The molecular formula is C15H10N2O3. The van der Waals surface area contributed by atoms with Gasteiger partial charge in [-0.2, -0.15) is 0 Å². The molecule has 0 saturated heterocycles. The fraction of sp³-hybridized carbons (Fsp3) is 0. The molecule has 3 amide bonds. The Morgan fingerprint density at radius 1 is 0.900 bits per heavy atom. The number of hydrogen-bond donors (Lipinski definition) is 1. The van der Waals surface area contributed by atoms with Crippen LogP contribution in [0, 0.1) is 0 Å². The molecule has 0 bridgehead atoms. The highest BCUT2D eigenvalue weighted by Crippen LogP contribution is 2.28. The molecule has 0 aromatic heterocycles. The maximum atomic E-state index is 12.3. The second kappa shape index (κ2) is 4.31. The lowest BCUT2D eigenvalue weighted by atomic mass is 10.1. The van der Waals surface area contributed by atoms with Gasteiger partial charge >= 0.3 is 0 Å². The number of imide groups is 3. The summed E-state index contributed by atoms with van der Waals surface area (Å²) in [6, 6.07) is 12.8. The second-order valence-electron chi connectivity index (χ2n) is 4.39. The Kier molecular flexibility index (Phi) is 2.61. The van der Waals surface area contributed by atoms with E-state index in [4.69, 9.17) is 5.73 Å². The number of nitrogen functional groups attached to an aromatic ring is 1. The summed E-state index contributed by atoms with van der Waals surface area (Å²) in [7, 11) is 0. The highest BCUT2D eigenvalue weighted by atomic mass is 16.2. The predicted molar refractivity (Wildman–Crippen MR) is 72.1 cm³/mol. The second-order valence-corrected chi connectivity index (χ2v) is 4.39. The SMILES string of the molecule is Nc1cccc2c1C(=O)N(C(=O)c1ccccc1)C2=O. The van der Waals surface area contributed by atoms with Crippen LogP contribution in [0.2, 0.25) is 0 Å². The average Bonchev–Trinajstić information content (AvgIpc) is 2.72. The molecule has 0 unspecified atom stereocenters. The van der Waals surface area contributed by atoms with E-state index in [0.29, 0.717) is 4.90 Å². The first kappa shape index (κ1) is 12.1. The van der Waals surface area contributed by atoms with Crippen LogP contribution in [0.1, 0.15) is 31.1 Å². The number of carbonyl (C=O) groups is 3. The number of benzene rings is 2. The number of rotatable bonds is 1. The lowest BCUT2D eigenvalue weighted by Gasteiger charge is -2.11. The van der Waals surface area contributed by atoms with Crippen LogP contribution in [-0.4, -0.2) is 22.6 Å². The van der Waals surface area contributed by atoms with Gasteiger partial charge in [-0.25, -0.2) is 4.90 Å². The fourth-order valence-corrected chi connectivity index (χ4v) is 2.21. The van der Waals surface area contributed by atoms with Gasteiger partial charge in [-0.05, 0) is 24.3 Å². The summed E-state index contributed by atoms with van der Waals surface area (Å²) in [4.78, 5) is 37.4. The van der Waals surface area contributed by atoms with Crippen molar-refractivity contribution in [3.63, 3.8) is 0 Å². The molecule has 98 valence electrons. The molecule has 0 saturated carbocycles. The third-order valence-electron chi connectivity index (χ3n) is 3.17. The van der Waals surface area contributed by atoms with E-state index < -0.39 is 17.7 Å². The molecule has 2 aromatic rings. The summed E-state index contributed by atoms with van der Waals surface area (Å²) < 4.78 is 0. The van der Waals surface area contributed by atoms with Gasteiger partial charge in [0.1, 0.15) is 0 Å². The highest BCUT2D eigenvalue weighted by molar-refractivity contribution is 6.32. The molecule has 0 atom stereocenters. The Morgan fingerprint density at radius 3 is 2.25 bits per heavy atom. The van der Waals surface area contributed by atoms with Crippen LogP contribution in [0.25, 0.3) is 0 Å².